The molecule has 2 aromatic rings. The molecule has 1 atom stereocenters. The fourth-order valence-corrected chi connectivity index (χ4v) is 3.69. The molecule has 1 saturated heterocycles. The molecule has 1 fully saturated rings. The Kier molecular flexibility index (Phi) is 7.70. The summed E-state index contributed by atoms with van der Waals surface area (Å²) in [5, 5.41) is 3.76. The van der Waals surface area contributed by atoms with E-state index in [9.17, 15) is 19.2 Å². The first-order chi connectivity index (χ1) is 15.7. The predicted molar refractivity (Wildman–Crippen MR) is 123 cm³/mol. The van der Waals surface area contributed by atoms with E-state index in [4.69, 9.17) is 9.47 Å². The summed E-state index contributed by atoms with van der Waals surface area (Å²) in [5.74, 6) is -2.56. The Morgan fingerprint density at radius 1 is 1.15 bits per heavy atom. The van der Waals surface area contributed by atoms with Gasteiger partial charge in [-0.1, -0.05) is 28.1 Å². The fourth-order valence-electron chi connectivity index (χ4n) is 3.46. The van der Waals surface area contributed by atoms with Gasteiger partial charge in [0.2, 0.25) is 5.91 Å². The van der Waals surface area contributed by atoms with Crippen LogP contribution in [0.3, 0.4) is 0 Å². The molecule has 2 N–H and O–H groups in total. The van der Waals surface area contributed by atoms with Crippen molar-refractivity contribution in [3.63, 3.8) is 0 Å². The standard InChI is InChI=1S/C23H24BrN3O6/c1-13-8-16(9-14(2)21(13)24)25-19(28)12-33-23(31)15-10-20(29)27(11-15)26-22(30)17-6-4-5-7-18(17)32-3/h4-9,15H,10-12H2,1-3H3,(H,25,28)(H,26,30)/t15-/m0/s1. The second kappa shape index (κ2) is 10.5. The summed E-state index contributed by atoms with van der Waals surface area (Å²) in [6.07, 6.45) is -0.127. The minimum Gasteiger partial charge on any atom is -0.496 e. The Bertz CT molecular complexity index is 1080. The molecule has 0 saturated carbocycles. The quantitative estimate of drug-likeness (QED) is 0.545. The van der Waals surface area contributed by atoms with E-state index in [1.54, 1.807) is 36.4 Å². The van der Waals surface area contributed by atoms with E-state index >= 15 is 0 Å². The number of rotatable bonds is 7. The van der Waals surface area contributed by atoms with Crippen LogP contribution in [0.2, 0.25) is 0 Å². The van der Waals surface area contributed by atoms with Crippen LogP contribution in [0.1, 0.15) is 27.9 Å². The number of amides is 3. The Labute approximate surface area is 199 Å². The summed E-state index contributed by atoms with van der Waals surface area (Å²) < 4.78 is 11.2. The number of ether oxygens (including phenoxy) is 2. The number of halogens is 1. The number of carbonyl (C=O) groups excluding carboxylic acids is 4. The van der Waals surface area contributed by atoms with Crippen LogP contribution < -0.4 is 15.5 Å². The monoisotopic (exact) mass is 517 g/mol. The van der Waals surface area contributed by atoms with Crippen molar-refractivity contribution in [3.05, 3.63) is 57.6 Å². The zero-order valence-electron chi connectivity index (χ0n) is 18.4. The van der Waals surface area contributed by atoms with Gasteiger partial charge in [-0.2, -0.15) is 0 Å². The van der Waals surface area contributed by atoms with Crippen molar-refractivity contribution in [2.45, 2.75) is 20.3 Å². The largest absolute Gasteiger partial charge is 0.496 e. The summed E-state index contributed by atoms with van der Waals surface area (Å²) in [7, 11) is 1.44. The number of nitrogens with zero attached hydrogens (tertiary/aromatic N) is 1. The van der Waals surface area contributed by atoms with Gasteiger partial charge in [0.25, 0.3) is 11.8 Å². The SMILES string of the molecule is COc1ccccc1C(=O)NN1C[C@@H](C(=O)OCC(=O)Nc2cc(C)c(Br)c(C)c2)CC1=O. The molecule has 0 bridgehead atoms. The molecule has 9 nitrogen and oxygen atoms in total. The number of para-hydroxylation sites is 1. The number of nitrogens with one attached hydrogen (secondary N) is 2. The molecule has 33 heavy (non-hydrogen) atoms. The smallest absolute Gasteiger partial charge is 0.311 e. The van der Waals surface area contributed by atoms with Gasteiger partial charge in [-0.05, 0) is 49.2 Å². The third-order valence-corrected chi connectivity index (χ3v) is 6.36. The Hall–Kier alpha value is -3.40. The molecule has 0 aliphatic carbocycles. The number of esters is 1. The van der Waals surface area contributed by atoms with Crippen molar-refractivity contribution in [2.75, 3.05) is 25.6 Å². The normalized spacial score (nSPS) is 15.2. The van der Waals surface area contributed by atoms with Crippen molar-refractivity contribution in [1.82, 2.24) is 10.4 Å². The van der Waals surface area contributed by atoms with E-state index in [2.05, 4.69) is 26.7 Å². The molecule has 0 radical (unpaired) electrons. The maximum absolute atomic E-state index is 12.5. The number of anilines is 1. The molecule has 0 aromatic heterocycles. The third kappa shape index (κ3) is 5.89. The van der Waals surface area contributed by atoms with Crippen LogP contribution in [-0.4, -0.2) is 49.0 Å². The lowest BCUT2D eigenvalue weighted by molar-refractivity contribution is -0.151. The fraction of sp³-hybridized carbons (Fsp3) is 0.304. The molecule has 174 valence electrons. The summed E-state index contributed by atoms with van der Waals surface area (Å²) in [6, 6.07) is 10.2. The van der Waals surface area contributed by atoms with Crippen LogP contribution in [0, 0.1) is 19.8 Å². The maximum Gasteiger partial charge on any atom is 0.311 e. The van der Waals surface area contributed by atoms with E-state index < -0.39 is 36.2 Å². The number of hydrogen-bond acceptors (Lipinski definition) is 6. The van der Waals surface area contributed by atoms with Gasteiger partial charge >= 0.3 is 5.97 Å². The summed E-state index contributed by atoms with van der Waals surface area (Å²) in [6.45, 7) is 3.28. The molecule has 3 amide bonds. The first kappa shape index (κ1) is 24.2. The molecular formula is C23H24BrN3O6. The van der Waals surface area contributed by atoms with Gasteiger partial charge in [0.15, 0.2) is 6.61 Å². The van der Waals surface area contributed by atoms with E-state index in [1.165, 1.54) is 7.11 Å². The first-order valence-corrected chi connectivity index (χ1v) is 11.0. The van der Waals surface area contributed by atoms with Gasteiger partial charge in [-0.3, -0.25) is 29.6 Å². The third-order valence-electron chi connectivity index (χ3n) is 5.11. The topological polar surface area (TPSA) is 114 Å². The van der Waals surface area contributed by atoms with Crippen molar-refractivity contribution in [2.24, 2.45) is 5.92 Å². The summed E-state index contributed by atoms with van der Waals surface area (Å²) in [5.41, 5.74) is 5.26. The van der Waals surface area contributed by atoms with Crippen molar-refractivity contribution >= 4 is 45.3 Å². The van der Waals surface area contributed by atoms with Crippen molar-refractivity contribution in [3.8, 4) is 5.75 Å². The van der Waals surface area contributed by atoms with Gasteiger partial charge in [0.1, 0.15) is 5.75 Å². The minimum atomic E-state index is -0.791. The van der Waals surface area contributed by atoms with Crippen LogP contribution in [0.25, 0.3) is 0 Å². The van der Waals surface area contributed by atoms with Gasteiger partial charge < -0.3 is 14.8 Å². The molecule has 3 rings (SSSR count). The summed E-state index contributed by atoms with van der Waals surface area (Å²) in [4.78, 5) is 49.3. The highest BCUT2D eigenvalue weighted by molar-refractivity contribution is 9.10. The number of carbonyl (C=O) groups is 4. The number of hydrogen-bond donors (Lipinski definition) is 2. The Morgan fingerprint density at radius 3 is 2.48 bits per heavy atom. The Balaban J connectivity index is 1.51. The number of benzene rings is 2. The van der Waals surface area contributed by atoms with E-state index in [0.29, 0.717) is 11.4 Å². The zero-order chi connectivity index (χ0) is 24.1. The van der Waals surface area contributed by atoms with E-state index in [-0.39, 0.29) is 18.5 Å². The zero-order valence-corrected chi connectivity index (χ0v) is 20.0. The van der Waals surface area contributed by atoms with Gasteiger partial charge in [0.05, 0.1) is 25.1 Å². The van der Waals surface area contributed by atoms with E-state index in [1.807, 2.05) is 13.8 Å². The molecule has 1 aliphatic heterocycles. The number of aryl methyl sites for hydroxylation is 2. The van der Waals surface area contributed by atoms with Gasteiger partial charge in [0, 0.05) is 16.6 Å². The highest BCUT2D eigenvalue weighted by Gasteiger charge is 2.37. The van der Waals surface area contributed by atoms with Crippen LogP contribution in [0.5, 0.6) is 5.75 Å². The van der Waals surface area contributed by atoms with Crippen molar-refractivity contribution in [1.29, 1.82) is 0 Å². The predicted octanol–water partition coefficient (Wildman–Crippen LogP) is 2.75. The van der Waals surface area contributed by atoms with Crippen LogP contribution in [-0.2, 0) is 19.1 Å². The number of methoxy groups -OCH3 is 1. The molecule has 0 spiro atoms. The van der Waals surface area contributed by atoms with Gasteiger partial charge in [-0.25, -0.2) is 0 Å². The van der Waals surface area contributed by atoms with Crippen molar-refractivity contribution < 1.29 is 28.7 Å². The lowest BCUT2D eigenvalue weighted by Crippen LogP contribution is -2.43. The second-order valence-electron chi connectivity index (χ2n) is 7.63. The number of hydrazine groups is 1. The lowest BCUT2D eigenvalue weighted by Gasteiger charge is -2.18. The minimum absolute atomic E-state index is 0.0503. The molecule has 1 aliphatic rings. The first-order valence-electron chi connectivity index (χ1n) is 10.2. The second-order valence-corrected chi connectivity index (χ2v) is 8.42. The molecule has 2 aromatic carbocycles. The maximum atomic E-state index is 12.5. The Morgan fingerprint density at radius 2 is 1.82 bits per heavy atom. The molecular weight excluding hydrogens is 494 g/mol. The molecule has 10 heteroatoms. The molecule has 0 unspecified atom stereocenters. The summed E-state index contributed by atoms with van der Waals surface area (Å²) >= 11 is 3.47. The van der Waals surface area contributed by atoms with Crippen LogP contribution in [0.4, 0.5) is 5.69 Å². The highest BCUT2D eigenvalue weighted by Crippen LogP contribution is 2.25. The highest BCUT2D eigenvalue weighted by atomic mass is 79.9. The van der Waals surface area contributed by atoms with E-state index in [0.717, 1.165) is 20.6 Å². The van der Waals surface area contributed by atoms with Crippen LogP contribution in [0.15, 0.2) is 40.9 Å². The average molecular weight is 518 g/mol. The van der Waals surface area contributed by atoms with Gasteiger partial charge in [-0.15, -0.1) is 0 Å². The average Bonchev–Trinajstić information content (AvgIpc) is 3.15. The molecule has 1 heterocycles. The lowest BCUT2D eigenvalue weighted by atomic mass is 10.1. The van der Waals surface area contributed by atoms with Crippen LogP contribution >= 0.6 is 15.9 Å².